The summed E-state index contributed by atoms with van der Waals surface area (Å²) in [5, 5.41) is 0. The zero-order valence-electron chi connectivity index (χ0n) is 43.9. The van der Waals surface area contributed by atoms with E-state index in [1.54, 1.807) is 0 Å². The third-order valence-electron chi connectivity index (χ3n) is 13.2. The van der Waals surface area contributed by atoms with Gasteiger partial charge < -0.3 is 14.2 Å². The monoisotopic (exact) mass is 905 g/mol. The summed E-state index contributed by atoms with van der Waals surface area (Å²) in [6.45, 7) is 11.4. The lowest BCUT2D eigenvalue weighted by Crippen LogP contribution is -2.30. The molecule has 0 aliphatic carbocycles. The van der Waals surface area contributed by atoms with Gasteiger partial charge in [0.1, 0.15) is 13.2 Å². The van der Waals surface area contributed by atoms with Crippen LogP contribution < -0.4 is 0 Å². The second-order valence-electron chi connectivity index (χ2n) is 20.9. The first-order valence-corrected chi connectivity index (χ1v) is 28.7. The predicted molar refractivity (Wildman–Crippen MR) is 275 cm³/mol. The molecule has 6 nitrogen and oxygen atoms in total. The molecule has 0 unspecified atom stereocenters. The van der Waals surface area contributed by atoms with E-state index in [9.17, 15) is 14.4 Å². The number of hydrogen-bond donors (Lipinski definition) is 0. The largest absolute Gasteiger partial charge is 0.462 e. The van der Waals surface area contributed by atoms with E-state index in [1.165, 1.54) is 212 Å². The second-order valence-corrected chi connectivity index (χ2v) is 20.9. The highest BCUT2D eigenvalue weighted by molar-refractivity contribution is 5.71. The third-order valence-corrected chi connectivity index (χ3v) is 13.2. The molecule has 380 valence electrons. The Labute approximate surface area is 399 Å². The van der Waals surface area contributed by atoms with E-state index in [2.05, 4.69) is 34.6 Å². The van der Waals surface area contributed by atoms with Crippen LogP contribution in [-0.2, 0) is 28.6 Å². The van der Waals surface area contributed by atoms with Crippen LogP contribution in [0.5, 0.6) is 0 Å². The Morgan fingerprint density at radius 3 is 0.766 bits per heavy atom. The van der Waals surface area contributed by atoms with Crippen molar-refractivity contribution >= 4 is 17.9 Å². The molecule has 0 spiro atoms. The number of hydrogen-bond acceptors (Lipinski definition) is 6. The minimum atomic E-state index is -0.762. The normalized spacial score (nSPS) is 12.0. The van der Waals surface area contributed by atoms with Crippen LogP contribution in [-0.4, -0.2) is 37.2 Å². The predicted octanol–water partition coefficient (Wildman–Crippen LogP) is 18.9. The van der Waals surface area contributed by atoms with E-state index in [0.29, 0.717) is 19.3 Å². The highest BCUT2D eigenvalue weighted by atomic mass is 16.6. The third kappa shape index (κ3) is 51.4. The zero-order chi connectivity index (χ0) is 46.8. The Balaban J connectivity index is 4.21. The highest BCUT2D eigenvalue weighted by Crippen LogP contribution is 2.18. The summed E-state index contributed by atoms with van der Waals surface area (Å²) in [5.41, 5.74) is 0. The van der Waals surface area contributed by atoms with Crippen molar-refractivity contribution in [1.82, 2.24) is 0 Å². The number of carbonyl (C=O) groups excluding carboxylic acids is 3. The lowest BCUT2D eigenvalue weighted by atomic mass is 10.0. The first-order valence-electron chi connectivity index (χ1n) is 28.7. The van der Waals surface area contributed by atoms with Crippen LogP contribution in [0.1, 0.15) is 324 Å². The molecule has 64 heavy (non-hydrogen) atoms. The minimum absolute atomic E-state index is 0.0633. The van der Waals surface area contributed by atoms with E-state index in [-0.39, 0.29) is 31.1 Å². The lowest BCUT2D eigenvalue weighted by molar-refractivity contribution is -0.167. The van der Waals surface area contributed by atoms with Crippen molar-refractivity contribution in [3.63, 3.8) is 0 Å². The molecule has 0 saturated heterocycles. The van der Waals surface area contributed by atoms with Gasteiger partial charge >= 0.3 is 17.9 Å². The van der Waals surface area contributed by atoms with E-state index < -0.39 is 6.10 Å². The average Bonchev–Trinajstić information content (AvgIpc) is 3.27. The molecule has 0 amide bonds. The number of ether oxygens (including phenoxy) is 3. The molecule has 0 heterocycles. The summed E-state index contributed by atoms with van der Waals surface area (Å²) in [4.78, 5) is 38.1. The molecule has 0 bridgehead atoms. The molecule has 0 aromatic rings. The summed E-state index contributed by atoms with van der Waals surface area (Å²) < 4.78 is 16.9. The summed E-state index contributed by atoms with van der Waals surface area (Å²) in [6.07, 6.45) is 53.9. The fraction of sp³-hybridized carbons (Fsp3) is 0.948. The van der Waals surface area contributed by atoms with Gasteiger partial charge in [0.05, 0.1) is 0 Å². The summed E-state index contributed by atoms with van der Waals surface area (Å²) in [5.74, 6) is 0.810. The van der Waals surface area contributed by atoms with Crippen molar-refractivity contribution in [1.29, 1.82) is 0 Å². The number of carbonyl (C=O) groups is 3. The van der Waals surface area contributed by atoms with Crippen molar-refractivity contribution in [2.75, 3.05) is 13.2 Å². The van der Waals surface area contributed by atoms with Crippen molar-refractivity contribution < 1.29 is 28.6 Å². The maximum Gasteiger partial charge on any atom is 0.306 e. The average molecular weight is 906 g/mol. The molecule has 0 aliphatic heterocycles. The van der Waals surface area contributed by atoms with Crippen molar-refractivity contribution in [2.45, 2.75) is 330 Å². The van der Waals surface area contributed by atoms with Crippen LogP contribution >= 0.6 is 0 Å². The lowest BCUT2D eigenvalue weighted by Gasteiger charge is -2.18. The van der Waals surface area contributed by atoms with E-state index in [1.807, 2.05) is 0 Å². The number of rotatable bonds is 52. The van der Waals surface area contributed by atoms with Crippen LogP contribution in [0.2, 0.25) is 0 Å². The van der Waals surface area contributed by atoms with Crippen molar-refractivity contribution in [3.05, 3.63) is 0 Å². The number of esters is 3. The molecule has 0 rings (SSSR count). The standard InChI is InChI=1S/C58H112O6/c1-6-7-8-9-10-11-12-13-21-24-27-33-38-43-48-56(59)62-51-55(64-58(61)50-45-40-35-30-29-32-37-42-47-54(4)5)52-63-57(60)49-44-39-34-28-25-22-19-17-15-14-16-18-20-23-26-31-36-41-46-53(2)3/h53-55H,6-52H2,1-5H3/t55-/m0/s1. The van der Waals surface area contributed by atoms with Gasteiger partial charge in [-0.15, -0.1) is 0 Å². The Hall–Kier alpha value is -1.59. The quantitative estimate of drug-likeness (QED) is 0.0344. The van der Waals surface area contributed by atoms with Crippen LogP contribution in [0.25, 0.3) is 0 Å². The van der Waals surface area contributed by atoms with Gasteiger partial charge in [0, 0.05) is 19.3 Å². The smallest absolute Gasteiger partial charge is 0.306 e. The number of unbranched alkanes of at least 4 members (excludes halogenated alkanes) is 37. The van der Waals surface area contributed by atoms with Crippen LogP contribution in [0, 0.1) is 11.8 Å². The first kappa shape index (κ1) is 62.4. The molecular weight excluding hydrogens is 793 g/mol. The van der Waals surface area contributed by atoms with E-state index in [0.717, 1.165) is 69.6 Å². The van der Waals surface area contributed by atoms with Gasteiger partial charge in [-0.3, -0.25) is 14.4 Å². The van der Waals surface area contributed by atoms with Crippen LogP contribution in [0.3, 0.4) is 0 Å². The van der Waals surface area contributed by atoms with Gasteiger partial charge in [-0.05, 0) is 31.1 Å². The van der Waals surface area contributed by atoms with Crippen molar-refractivity contribution in [3.8, 4) is 0 Å². The molecule has 0 fully saturated rings. The van der Waals surface area contributed by atoms with Crippen molar-refractivity contribution in [2.24, 2.45) is 11.8 Å². The highest BCUT2D eigenvalue weighted by Gasteiger charge is 2.19. The second kappa shape index (κ2) is 50.8. The molecule has 0 aliphatic rings. The zero-order valence-corrected chi connectivity index (χ0v) is 43.9. The summed E-state index contributed by atoms with van der Waals surface area (Å²) in [7, 11) is 0. The maximum atomic E-state index is 12.8. The maximum absolute atomic E-state index is 12.8. The van der Waals surface area contributed by atoms with Gasteiger partial charge in [-0.25, -0.2) is 0 Å². The van der Waals surface area contributed by atoms with Gasteiger partial charge in [-0.2, -0.15) is 0 Å². The summed E-state index contributed by atoms with van der Waals surface area (Å²) >= 11 is 0. The Morgan fingerprint density at radius 2 is 0.516 bits per heavy atom. The topological polar surface area (TPSA) is 78.9 Å². The molecule has 0 saturated carbocycles. The Kier molecular flexibility index (Phi) is 49.6. The Morgan fingerprint density at radius 1 is 0.297 bits per heavy atom. The van der Waals surface area contributed by atoms with Gasteiger partial charge in [0.25, 0.3) is 0 Å². The molecule has 6 heteroatoms. The first-order chi connectivity index (χ1) is 31.2. The Bertz CT molecular complexity index is 978. The molecule has 1 atom stereocenters. The summed E-state index contributed by atoms with van der Waals surface area (Å²) in [6, 6.07) is 0. The molecule has 0 aromatic heterocycles. The van der Waals surface area contributed by atoms with Gasteiger partial charge in [0.2, 0.25) is 0 Å². The van der Waals surface area contributed by atoms with E-state index >= 15 is 0 Å². The molecule has 0 radical (unpaired) electrons. The van der Waals surface area contributed by atoms with Gasteiger partial charge in [0.15, 0.2) is 6.10 Å². The van der Waals surface area contributed by atoms with Crippen LogP contribution in [0.4, 0.5) is 0 Å². The minimum Gasteiger partial charge on any atom is -0.462 e. The molecule has 0 aromatic carbocycles. The fourth-order valence-electron chi connectivity index (χ4n) is 8.87. The SMILES string of the molecule is CCCCCCCCCCCCCCCCC(=O)OC[C@@H](COC(=O)CCCCCCCCCCCCCCCCCCCCC(C)C)OC(=O)CCCCCCCCCCC(C)C. The van der Waals surface area contributed by atoms with E-state index in [4.69, 9.17) is 14.2 Å². The molecule has 0 N–H and O–H groups in total. The van der Waals surface area contributed by atoms with Crippen LogP contribution in [0.15, 0.2) is 0 Å². The molecular formula is C58H112O6. The van der Waals surface area contributed by atoms with Gasteiger partial charge in [-0.1, -0.05) is 285 Å². The fourth-order valence-corrected chi connectivity index (χ4v) is 8.87.